The lowest BCUT2D eigenvalue weighted by Crippen LogP contribution is -1.98. The molecule has 3 heteroatoms. The molecule has 0 aliphatic carbocycles. The molecule has 2 rings (SSSR count). The number of rotatable bonds is 5. The van der Waals surface area contributed by atoms with Crippen LogP contribution in [0.1, 0.15) is 34.6 Å². The highest BCUT2D eigenvalue weighted by Crippen LogP contribution is 2.32. The van der Waals surface area contributed by atoms with Crippen LogP contribution >= 0.6 is 27.5 Å². The van der Waals surface area contributed by atoms with Gasteiger partial charge in [-0.25, -0.2) is 0 Å². The summed E-state index contributed by atoms with van der Waals surface area (Å²) in [6.45, 7) is 6.89. The van der Waals surface area contributed by atoms with Crippen molar-refractivity contribution >= 4 is 27.5 Å². The first-order chi connectivity index (χ1) is 10.0. The topological polar surface area (TPSA) is 9.23 Å². The molecule has 0 saturated carbocycles. The molecule has 0 heterocycles. The van der Waals surface area contributed by atoms with Gasteiger partial charge in [-0.3, -0.25) is 0 Å². The van der Waals surface area contributed by atoms with E-state index in [-0.39, 0.29) is 5.38 Å². The number of halogens is 2. The van der Waals surface area contributed by atoms with Crippen LogP contribution in [-0.4, -0.2) is 6.61 Å². The van der Waals surface area contributed by atoms with Crippen LogP contribution in [0.4, 0.5) is 0 Å². The second-order valence-electron chi connectivity index (χ2n) is 5.21. The van der Waals surface area contributed by atoms with Gasteiger partial charge in [-0.2, -0.15) is 0 Å². The van der Waals surface area contributed by atoms with Gasteiger partial charge in [-0.15, -0.1) is 11.6 Å². The summed E-state index contributed by atoms with van der Waals surface area (Å²) >= 11 is 10.1. The van der Waals surface area contributed by atoms with E-state index in [4.69, 9.17) is 16.3 Å². The number of alkyl halides is 1. The molecule has 0 aliphatic rings. The van der Waals surface area contributed by atoms with Crippen molar-refractivity contribution in [3.8, 4) is 5.75 Å². The lowest BCUT2D eigenvalue weighted by atomic mass is 10.00. The Morgan fingerprint density at radius 3 is 2.48 bits per heavy atom. The molecule has 0 N–H and O–H groups in total. The van der Waals surface area contributed by atoms with Crippen LogP contribution in [0, 0.1) is 13.8 Å². The highest BCUT2D eigenvalue weighted by atomic mass is 79.9. The Morgan fingerprint density at radius 1 is 1.10 bits per heavy atom. The number of hydrogen-bond donors (Lipinski definition) is 0. The summed E-state index contributed by atoms with van der Waals surface area (Å²) in [7, 11) is 0. The minimum absolute atomic E-state index is 0.0425. The van der Waals surface area contributed by atoms with Gasteiger partial charge in [0.05, 0.1) is 16.5 Å². The number of hydrogen-bond acceptors (Lipinski definition) is 1. The van der Waals surface area contributed by atoms with Crippen LogP contribution in [0.2, 0.25) is 0 Å². The van der Waals surface area contributed by atoms with E-state index in [0.29, 0.717) is 6.61 Å². The van der Waals surface area contributed by atoms with E-state index in [1.165, 1.54) is 16.7 Å². The zero-order valence-corrected chi connectivity index (χ0v) is 15.0. The number of ether oxygens (including phenoxy) is 1. The molecule has 0 amide bonds. The van der Waals surface area contributed by atoms with E-state index < -0.39 is 0 Å². The summed E-state index contributed by atoms with van der Waals surface area (Å²) in [4.78, 5) is 0. The van der Waals surface area contributed by atoms with Gasteiger partial charge in [-0.05, 0) is 77.5 Å². The van der Waals surface area contributed by atoms with Gasteiger partial charge in [-0.1, -0.05) is 24.3 Å². The van der Waals surface area contributed by atoms with Crippen molar-refractivity contribution in [2.75, 3.05) is 6.61 Å². The van der Waals surface area contributed by atoms with E-state index in [1.54, 1.807) is 0 Å². The normalized spacial score (nSPS) is 12.2. The fourth-order valence-electron chi connectivity index (χ4n) is 2.24. The molecule has 0 spiro atoms. The van der Waals surface area contributed by atoms with Crippen molar-refractivity contribution in [2.24, 2.45) is 0 Å². The molecule has 0 aromatic heterocycles. The Bertz CT molecular complexity index is 625. The third kappa shape index (κ3) is 4.24. The highest BCUT2D eigenvalue weighted by Gasteiger charge is 2.12. The molecule has 1 atom stereocenters. The van der Waals surface area contributed by atoms with Gasteiger partial charge in [0.1, 0.15) is 5.75 Å². The van der Waals surface area contributed by atoms with Gasteiger partial charge < -0.3 is 4.74 Å². The fourth-order valence-corrected chi connectivity index (χ4v) is 3.06. The Labute approximate surface area is 140 Å². The molecule has 21 heavy (non-hydrogen) atoms. The summed E-state index contributed by atoms with van der Waals surface area (Å²) < 4.78 is 6.48. The summed E-state index contributed by atoms with van der Waals surface area (Å²) in [5.74, 6) is 0.858. The zero-order chi connectivity index (χ0) is 15.4. The van der Waals surface area contributed by atoms with Gasteiger partial charge in [0.25, 0.3) is 0 Å². The first-order valence-electron chi connectivity index (χ1n) is 7.13. The maximum Gasteiger partial charge on any atom is 0.133 e. The molecule has 1 nitrogen and oxygen atoms in total. The van der Waals surface area contributed by atoms with E-state index in [9.17, 15) is 0 Å². The second-order valence-corrected chi connectivity index (χ2v) is 6.59. The summed E-state index contributed by atoms with van der Waals surface area (Å²) in [5.41, 5.74) is 4.99. The maximum atomic E-state index is 6.57. The summed E-state index contributed by atoms with van der Waals surface area (Å²) in [5, 5.41) is -0.0425. The highest BCUT2D eigenvalue weighted by molar-refractivity contribution is 9.10. The van der Waals surface area contributed by atoms with Crippen LogP contribution in [0.15, 0.2) is 40.9 Å². The number of benzene rings is 2. The fraction of sp³-hybridized carbons (Fsp3) is 0.333. The van der Waals surface area contributed by atoms with Crippen LogP contribution < -0.4 is 4.74 Å². The summed E-state index contributed by atoms with van der Waals surface area (Å²) in [6.07, 6.45) is 0.823. The SMILES string of the molecule is CCOc1ccc(C(Cl)Cc2ccc(C)c(C)c2)cc1Br. The molecule has 0 radical (unpaired) electrons. The van der Waals surface area contributed by atoms with Crippen LogP contribution in [0.3, 0.4) is 0 Å². The van der Waals surface area contributed by atoms with Gasteiger partial charge in [0.15, 0.2) is 0 Å². The molecule has 0 fully saturated rings. The van der Waals surface area contributed by atoms with Crippen molar-refractivity contribution in [2.45, 2.75) is 32.6 Å². The average Bonchev–Trinajstić information content (AvgIpc) is 2.45. The largest absolute Gasteiger partial charge is 0.493 e. The molecular formula is C18H20BrClO. The van der Waals surface area contributed by atoms with Crippen molar-refractivity contribution in [3.63, 3.8) is 0 Å². The average molecular weight is 368 g/mol. The van der Waals surface area contributed by atoms with Gasteiger partial charge >= 0.3 is 0 Å². The van der Waals surface area contributed by atoms with Crippen LogP contribution in [0.25, 0.3) is 0 Å². The molecular weight excluding hydrogens is 348 g/mol. The predicted molar refractivity (Wildman–Crippen MR) is 93.5 cm³/mol. The van der Waals surface area contributed by atoms with Crippen LogP contribution in [-0.2, 0) is 6.42 Å². The lowest BCUT2D eigenvalue weighted by molar-refractivity contribution is 0.338. The molecule has 1 unspecified atom stereocenters. The Morgan fingerprint density at radius 2 is 1.86 bits per heavy atom. The zero-order valence-electron chi connectivity index (χ0n) is 12.6. The predicted octanol–water partition coefficient (Wildman–Crippen LogP) is 5.99. The van der Waals surface area contributed by atoms with Gasteiger partial charge in [0.2, 0.25) is 0 Å². The van der Waals surface area contributed by atoms with Crippen molar-refractivity contribution in [1.29, 1.82) is 0 Å². The van der Waals surface area contributed by atoms with E-state index in [2.05, 4.69) is 48.0 Å². The standard InChI is InChI=1S/C18H20BrClO/c1-4-21-18-8-7-15(11-16(18)19)17(20)10-14-6-5-12(2)13(3)9-14/h5-9,11,17H,4,10H2,1-3H3. The Kier molecular flexibility index (Phi) is 5.72. The third-order valence-corrected chi connectivity index (χ3v) is 4.63. The molecule has 2 aromatic rings. The summed E-state index contributed by atoms with van der Waals surface area (Å²) in [6, 6.07) is 12.6. The van der Waals surface area contributed by atoms with E-state index >= 15 is 0 Å². The minimum Gasteiger partial charge on any atom is -0.493 e. The first kappa shape index (κ1) is 16.4. The quantitative estimate of drug-likeness (QED) is 0.590. The van der Waals surface area contributed by atoms with E-state index in [1.807, 2.05) is 25.1 Å². The molecule has 0 aliphatic heterocycles. The monoisotopic (exact) mass is 366 g/mol. The number of aryl methyl sites for hydroxylation is 2. The molecule has 0 bridgehead atoms. The Hall–Kier alpha value is -0.990. The van der Waals surface area contributed by atoms with Gasteiger partial charge in [0, 0.05) is 0 Å². The molecule has 112 valence electrons. The molecule has 0 saturated heterocycles. The van der Waals surface area contributed by atoms with Crippen molar-refractivity contribution < 1.29 is 4.74 Å². The van der Waals surface area contributed by atoms with E-state index in [0.717, 1.165) is 22.2 Å². The smallest absolute Gasteiger partial charge is 0.133 e. The third-order valence-electron chi connectivity index (χ3n) is 3.60. The Balaban J connectivity index is 2.14. The lowest BCUT2D eigenvalue weighted by Gasteiger charge is -2.13. The maximum absolute atomic E-state index is 6.57. The first-order valence-corrected chi connectivity index (χ1v) is 8.36. The minimum atomic E-state index is -0.0425. The van der Waals surface area contributed by atoms with Crippen LogP contribution in [0.5, 0.6) is 5.75 Å². The second kappa shape index (κ2) is 7.33. The van der Waals surface area contributed by atoms with Crippen molar-refractivity contribution in [3.05, 3.63) is 63.1 Å². The molecule has 2 aromatic carbocycles. The van der Waals surface area contributed by atoms with Crippen molar-refractivity contribution in [1.82, 2.24) is 0 Å².